The summed E-state index contributed by atoms with van der Waals surface area (Å²) in [5.41, 5.74) is 0.190. The number of benzene rings is 2. The maximum Gasteiger partial charge on any atom is 0.274 e. The Kier molecular flexibility index (Phi) is 6.81. The topological polar surface area (TPSA) is 74.8 Å². The Morgan fingerprint density at radius 3 is 2.06 bits per heavy atom. The predicted octanol–water partition coefficient (Wildman–Crippen LogP) is 5.66. The molecule has 1 heterocycles. The predicted molar refractivity (Wildman–Crippen MR) is 139 cm³/mol. The molecule has 1 saturated heterocycles. The fourth-order valence-electron chi connectivity index (χ4n) is 5.51. The molecule has 3 amide bonds. The molecule has 182 valence electrons. The van der Waals surface area contributed by atoms with Gasteiger partial charge in [0.1, 0.15) is 6.54 Å². The van der Waals surface area contributed by atoms with Crippen LogP contribution in [0.2, 0.25) is 15.1 Å². The largest absolute Gasteiger partial charge is 0.292 e. The van der Waals surface area contributed by atoms with Gasteiger partial charge in [-0.05, 0) is 48.6 Å². The number of amides is 3. The molecular weight excluding hydrogens is 646 g/mol. The number of rotatable bonds is 5. The van der Waals surface area contributed by atoms with Gasteiger partial charge in [-0.15, -0.1) is 0 Å². The molecular formula is C24H17Br2Cl3N2O4. The van der Waals surface area contributed by atoms with E-state index in [4.69, 9.17) is 34.8 Å². The van der Waals surface area contributed by atoms with Crippen LogP contribution < -0.4 is 0 Å². The van der Waals surface area contributed by atoms with Gasteiger partial charge in [0.05, 0.1) is 27.4 Å². The number of hydrogen-bond acceptors (Lipinski definition) is 4. The summed E-state index contributed by atoms with van der Waals surface area (Å²) in [5.74, 6) is -3.44. The highest BCUT2D eigenvalue weighted by atomic mass is 79.9. The van der Waals surface area contributed by atoms with Crippen molar-refractivity contribution in [3.63, 3.8) is 0 Å². The van der Waals surface area contributed by atoms with E-state index in [1.807, 2.05) is 0 Å². The number of Topliss-reactive ketones (excluding diaryl/α,β-unsaturated/α-hetero) is 1. The first kappa shape index (κ1) is 25.2. The van der Waals surface area contributed by atoms with Gasteiger partial charge in [0.25, 0.3) is 17.7 Å². The van der Waals surface area contributed by atoms with Crippen molar-refractivity contribution < 1.29 is 19.2 Å². The molecule has 11 heteroatoms. The van der Waals surface area contributed by atoms with Crippen molar-refractivity contribution in [2.75, 3.05) is 6.54 Å². The molecule has 1 aliphatic heterocycles. The van der Waals surface area contributed by atoms with Crippen LogP contribution in [0.1, 0.15) is 27.1 Å². The molecule has 3 aliphatic rings. The van der Waals surface area contributed by atoms with Crippen LogP contribution in [0.3, 0.4) is 0 Å². The molecule has 0 aromatic heterocycles. The number of hydrazine groups is 1. The monoisotopic (exact) mass is 660 g/mol. The zero-order valence-corrected chi connectivity index (χ0v) is 23.3. The Balaban J connectivity index is 1.53. The third kappa shape index (κ3) is 4.06. The number of carbonyl (C=O) groups is 4. The van der Waals surface area contributed by atoms with Gasteiger partial charge in [-0.2, -0.15) is 5.01 Å². The average Bonchev–Trinajstić information content (AvgIpc) is 3.42. The normalized spacial score (nSPS) is 29.0. The van der Waals surface area contributed by atoms with Crippen LogP contribution in [0.5, 0.6) is 0 Å². The first-order chi connectivity index (χ1) is 16.6. The first-order valence-electron chi connectivity index (χ1n) is 10.8. The van der Waals surface area contributed by atoms with E-state index in [-0.39, 0.29) is 42.7 Å². The molecule has 6 atom stereocenters. The quantitative estimate of drug-likeness (QED) is 0.235. The third-order valence-corrected chi connectivity index (χ3v) is 11.2. The number of ketones is 1. The van der Waals surface area contributed by atoms with Gasteiger partial charge in [0.2, 0.25) is 0 Å². The summed E-state index contributed by atoms with van der Waals surface area (Å²) < 4.78 is 0. The molecule has 2 saturated carbocycles. The van der Waals surface area contributed by atoms with Gasteiger partial charge >= 0.3 is 0 Å². The van der Waals surface area contributed by atoms with Gasteiger partial charge in [0.15, 0.2) is 5.78 Å². The van der Waals surface area contributed by atoms with Gasteiger partial charge in [-0.1, -0.05) is 78.8 Å². The number of carbonyl (C=O) groups excluding carboxylic acids is 4. The van der Waals surface area contributed by atoms with Crippen LogP contribution in [0, 0.1) is 23.7 Å². The number of hydrogen-bond donors (Lipinski definition) is 0. The fraction of sp³-hybridized carbons (Fsp3) is 0.333. The molecule has 0 spiro atoms. The summed E-state index contributed by atoms with van der Waals surface area (Å²) in [5, 5.41) is 2.35. The Morgan fingerprint density at radius 2 is 1.49 bits per heavy atom. The highest BCUT2D eigenvalue weighted by molar-refractivity contribution is 9.12. The standard InChI is InChI=1S/C24H17Br2Cl3N2O4/c25-20-13-8-14(21(20)26)19-18(13)23(34)31(24(19)35)30(22(33)12-3-1-2-4-15(12)28)9-17(32)11-6-5-10(27)7-16(11)29/h1-7,13-14,18-21H,8-9H2/t13-,14-,18-,19+,20-,21+/m1/s1. The maximum atomic E-state index is 13.6. The Hall–Kier alpha value is -1.45. The van der Waals surface area contributed by atoms with E-state index in [2.05, 4.69) is 31.9 Å². The number of halogens is 5. The van der Waals surface area contributed by atoms with Gasteiger partial charge < -0.3 is 0 Å². The van der Waals surface area contributed by atoms with Crippen LogP contribution in [-0.4, -0.2) is 49.7 Å². The van der Waals surface area contributed by atoms with Crippen molar-refractivity contribution in [2.45, 2.75) is 16.1 Å². The molecule has 5 rings (SSSR count). The van der Waals surface area contributed by atoms with E-state index in [0.29, 0.717) is 5.02 Å². The summed E-state index contributed by atoms with van der Waals surface area (Å²) in [6, 6.07) is 10.6. The van der Waals surface area contributed by atoms with Crippen molar-refractivity contribution in [3.05, 3.63) is 68.7 Å². The van der Waals surface area contributed by atoms with E-state index in [9.17, 15) is 19.2 Å². The second kappa shape index (κ2) is 9.45. The third-order valence-electron chi connectivity index (χ3n) is 7.07. The lowest BCUT2D eigenvalue weighted by Crippen LogP contribution is -2.52. The van der Waals surface area contributed by atoms with Gasteiger partial charge in [-0.25, -0.2) is 5.01 Å². The zero-order chi connectivity index (χ0) is 25.2. The summed E-state index contributed by atoms with van der Waals surface area (Å²) in [6.07, 6.45) is 0.740. The Bertz CT molecular complexity index is 1240. The van der Waals surface area contributed by atoms with Crippen LogP contribution in [0.15, 0.2) is 42.5 Å². The lowest BCUT2D eigenvalue weighted by atomic mass is 9.81. The zero-order valence-electron chi connectivity index (χ0n) is 17.8. The lowest BCUT2D eigenvalue weighted by molar-refractivity contribution is -0.154. The SMILES string of the molecule is O=C(CN(C(=O)c1ccccc1Cl)N1C(=O)[C@@H]2[C@H]3C[C@@H]([C@H](Br)[C@@H]3Br)[C@@H]2C1=O)c1ccc(Cl)cc1Cl. The molecule has 0 unspecified atom stereocenters. The second-order valence-electron chi connectivity index (χ2n) is 8.88. The number of fused-ring (bicyclic) bond motifs is 5. The molecule has 0 radical (unpaired) electrons. The summed E-state index contributed by atoms with van der Waals surface area (Å²) in [6.45, 7) is -0.576. The number of nitrogens with zero attached hydrogens (tertiary/aromatic N) is 2. The van der Waals surface area contributed by atoms with E-state index in [1.54, 1.807) is 12.1 Å². The molecule has 2 aromatic carbocycles. The van der Waals surface area contributed by atoms with Gasteiger partial charge in [0, 0.05) is 20.2 Å². The first-order valence-corrected chi connectivity index (χ1v) is 13.8. The second-order valence-corrected chi connectivity index (χ2v) is 12.2. The lowest BCUT2D eigenvalue weighted by Gasteiger charge is -2.31. The van der Waals surface area contributed by atoms with E-state index in [1.165, 1.54) is 30.3 Å². The van der Waals surface area contributed by atoms with Crippen molar-refractivity contribution in [1.82, 2.24) is 10.0 Å². The Morgan fingerprint density at radius 1 is 0.886 bits per heavy atom. The smallest absolute Gasteiger partial charge is 0.274 e. The molecule has 2 bridgehead atoms. The molecule has 35 heavy (non-hydrogen) atoms. The molecule has 2 aromatic rings. The van der Waals surface area contributed by atoms with Crippen molar-refractivity contribution in [2.24, 2.45) is 23.7 Å². The van der Waals surface area contributed by atoms with Crippen molar-refractivity contribution in [3.8, 4) is 0 Å². The van der Waals surface area contributed by atoms with Crippen LogP contribution in [-0.2, 0) is 9.59 Å². The minimum absolute atomic E-state index is 0.0349. The highest BCUT2D eigenvalue weighted by Crippen LogP contribution is 2.60. The van der Waals surface area contributed by atoms with Crippen molar-refractivity contribution >= 4 is 90.2 Å². The van der Waals surface area contributed by atoms with E-state index in [0.717, 1.165) is 16.4 Å². The van der Waals surface area contributed by atoms with E-state index < -0.39 is 41.9 Å². The summed E-state index contributed by atoms with van der Waals surface area (Å²) in [4.78, 5) is 54.2. The highest BCUT2D eigenvalue weighted by Gasteiger charge is 2.67. The maximum absolute atomic E-state index is 13.6. The van der Waals surface area contributed by atoms with Crippen LogP contribution in [0.4, 0.5) is 0 Å². The molecule has 6 nitrogen and oxygen atoms in total. The van der Waals surface area contributed by atoms with Gasteiger partial charge in [-0.3, -0.25) is 19.2 Å². The number of alkyl halides is 2. The molecule has 0 N–H and O–H groups in total. The minimum atomic E-state index is -0.728. The summed E-state index contributed by atoms with van der Waals surface area (Å²) >= 11 is 25.7. The van der Waals surface area contributed by atoms with Crippen molar-refractivity contribution in [1.29, 1.82) is 0 Å². The minimum Gasteiger partial charge on any atom is -0.292 e. The molecule has 3 fully saturated rings. The van der Waals surface area contributed by atoms with Crippen LogP contribution in [0.25, 0.3) is 0 Å². The summed E-state index contributed by atoms with van der Waals surface area (Å²) in [7, 11) is 0. The average molecular weight is 664 g/mol. The number of imide groups is 1. The van der Waals surface area contributed by atoms with Crippen LogP contribution >= 0.6 is 66.7 Å². The molecule has 2 aliphatic carbocycles. The van der Waals surface area contributed by atoms with E-state index >= 15 is 0 Å². The fourth-order valence-corrected chi connectivity index (χ4v) is 8.12. The Labute approximate surface area is 233 Å².